The second-order valence-corrected chi connectivity index (χ2v) is 8.39. The lowest BCUT2D eigenvalue weighted by atomic mass is 10.1. The van der Waals surface area contributed by atoms with Crippen molar-refractivity contribution in [1.82, 2.24) is 19.7 Å². The maximum Gasteiger partial charge on any atom is 0.256 e. The number of hydrogen-bond acceptors (Lipinski definition) is 5. The topological polar surface area (TPSA) is 72.3 Å². The van der Waals surface area contributed by atoms with Crippen molar-refractivity contribution in [3.8, 4) is 5.69 Å². The smallest absolute Gasteiger partial charge is 0.256 e. The summed E-state index contributed by atoms with van der Waals surface area (Å²) in [5.74, 6) is -0.162. The Hall–Kier alpha value is -3.55. The van der Waals surface area contributed by atoms with E-state index in [1.54, 1.807) is 4.68 Å². The molecule has 0 aliphatic carbocycles. The number of carbonyl (C=O) groups excluding carboxylic acids is 1. The van der Waals surface area contributed by atoms with Gasteiger partial charge in [-0.2, -0.15) is 5.10 Å². The van der Waals surface area contributed by atoms with Crippen molar-refractivity contribution in [1.29, 1.82) is 0 Å². The molecule has 1 amide bonds. The average molecular weight is 442 g/mol. The first-order valence-electron chi connectivity index (χ1n) is 11.2. The van der Waals surface area contributed by atoms with E-state index in [0.717, 1.165) is 61.0 Å². The Bertz CT molecular complexity index is 1290. The molecule has 7 nitrogen and oxygen atoms in total. The fourth-order valence-corrected chi connectivity index (χ4v) is 4.31. The minimum atomic E-state index is -0.162. The summed E-state index contributed by atoms with van der Waals surface area (Å²) in [5.41, 5.74) is 5.66. The molecule has 33 heavy (non-hydrogen) atoms. The lowest BCUT2D eigenvalue weighted by Crippen LogP contribution is -2.35. The number of pyridine rings is 1. The van der Waals surface area contributed by atoms with Crippen LogP contribution in [-0.4, -0.2) is 51.9 Å². The Morgan fingerprint density at radius 1 is 1.03 bits per heavy atom. The van der Waals surface area contributed by atoms with Gasteiger partial charge in [0.25, 0.3) is 5.91 Å². The number of morpholine rings is 1. The van der Waals surface area contributed by atoms with Crippen molar-refractivity contribution in [3.05, 3.63) is 83.2 Å². The molecule has 4 aromatic rings. The molecule has 0 radical (unpaired) electrons. The van der Waals surface area contributed by atoms with Gasteiger partial charge in [0.1, 0.15) is 0 Å². The van der Waals surface area contributed by atoms with Crippen LogP contribution in [0.5, 0.6) is 0 Å². The van der Waals surface area contributed by atoms with Crippen molar-refractivity contribution >= 4 is 22.6 Å². The third-order valence-corrected chi connectivity index (χ3v) is 5.88. The summed E-state index contributed by atoms with van der Waals surface area (Å²) < 4.78 is 7.24. The van der Waals surface area contributed by atoms with E-state index in [0.29, 0.717) is 11.2 Å². The first-order chi connectivity index (χ1) is 16.1. The normalized spacial score (nSPS) is 14.5. The number of anilines is 1. The first kappa shape index (κ1) is 21.3. The third kappa shape index (κ3) is 4.51. The number of carbonyl (C=O) groups is 1. The van der Waals surface area contributed by atoms with E-state index < -0.39 is 0 Å². The molecule has 1 aliphatic heterocycles. The standard InChI is InChI=1S/C26H27N5O2/c1-18-15-23(24-19(2)29-31(25(24)27-18)22-9-4-3-5-10-22)26(32)28-21-8-6-7-20(16-21)17-30-11-13-33-14-12-30/h3-10,15-16H,11-14,17H2,1-2H3,(H,28,32). The monoisotopic (exact) mass is 441 g/mol. The maximum atomic E-state index is 13.4. The predicted molar refractivity (Wildman–Crippen MR) is 129 cm³/mol. The minimum Gasteiger partial charge on any atom is -0.379 e. The number of nitrogens with one attached hydrogen (secondary N) is 1. The molecule has 2 aromatic carbocycles. The van der Waals surface area contributed by atoms with Crippen LogP contribution in [0.25, 0.3) is 16.7 Å². The van der Waals surface area contributed by atoms with Crippen LogP contribution in [-0.2, 0) is 11.3 Å². The Kier molecular flexibility index (Phi) is 5.90. The van der Waals surface area contributed by atoms with Crippen LogP contribution in [0.1, 0.15) is 27.3 Å². The molecule has 5 rings (SSSR count). The molecule has 1 N–H and O–H groups in total. The molecule has 2 aromatic heterocycles. The lowest BCUT2D eigenvalue weighted by Gasteiger charge is -2.26. The molecular weight excluding hydrogens is 414 g/mol. The van der Waals surface area contributed by atoms with Crippen molar-refractivity contribution in [2.45, 2.75) is 20.4 Å². The van der Waals surface area contributed by atoms with E-state index in [1.807, 2.05) is 68.4 Å². The number of nitrogens with zero attached hydrogens (tertiary/aromatic N) is 4. The zero-order valence-corrected chi connectivity index (χ0v) is 18.9. The Balaban J connectivity index is 1.44. The Morgan fingerprint density at radius 2 is 1.82 bits per heavy atom. The fourth-order valence-electron chi connectivity index (χ4n) is 4.31. The number of rotatable bonds is 5. The molecule has 0 unspecified atom stereocenters. The van der Waals surface area contributed by atoms with E-state index in [-0.39, 0.29) is 5.91 Å². The number of hydrogen-bond donors (Lipinski definition) is 1. The second-order valence-electron chi connectivity index (χ2n) is 8.39. The highest BCUT2D eigenvalue weighted by Crippen LogP contribution is 2.26. The van der Waals surface area contributed by atoms with E-state index >= 15 is 0 Å². The summed E-state index contributed by atoms with van der Waals surface area (Å²) in [7, 11) is 0. The molecule has 7 heteroatoms. The van der Waals surface area contributed by atoms with Gasteiger partial charge in [0.2, 0.25) is 0 Å². The van der Waals surface area contributed by atoms with Crippen LogP contribution in [0.4, 0.5) is 5.69 Å². The number of benzene rings is 2. The van der Waals surface area contributed by atoms with Crippen LogP contribution in [0.15, 0.2) is 60.7 Å². The Morgan fingerprint density at radius 3 is 2.61 bits per heavy atom. The van der Waals surface area contributed by atoms with Crippen molar-refractivity contribution in [3.63, 3.8) is 0 Å². The van der Waals surface area contributed by atoms with Gasteiger partial charge in [0, 0.05) is 31.0 Å². The number of para-hydroxylation sites is 1. The summed E-state index contributed by atoms with van der Waals surface area (Å²) >= 11 is 0. The van der Waals surface area contributed by atoms with Gasteiger partial charge < -0.3 is 10.1 Å². The van der Waals surface area contributed by atoms with Crippen molar-refractivity contribution in [2.75, 3.05) is 31.6 Å². The van der Waals surface area contributed by atoms with Crippen molar-refractivity contribution in [2.24, 2.45) is 0 Å². The summed E-state index contributed by atoms with van der Waals surface area (Å²) in [5, 5.41) is 8.54. The zero-order valence-electron chi connectivity index (χ0n) is 18.9. The number of aromatic nitrogens is 3. The number of fused-ring (bicyclic) bond motifs is 1. The highest BCUT2D eigenvalue weighted by atomic mass is 16.5. The number of amides is 1. The minimum absolute atomic E-state index is 0.162. The average Bonchev–Trinajstić information content (AvgIpc) is 3.16. The summed E-state index contributed by atoms with van der Waals surface area (Å²) in [6, 6.07) is 19.7. The van der Waals surface area contributed by atoms with Crippen LogP contribution in [0, 0.1) is 13.8 Å². The summed E-state index contributed by atoms with van der Waals surface area (Å²) in [4.78, 5) is 20.4. The van der Waals surface area contributed by atoms with Crippen LogP contribution < -0.4 is 5.32 Å². The van der Waals surface area contributed by atoms with Crippen LogP contribution in [0.2, 0.25) is 0 Å². The summed E-state index contributed by atoms with van der Waals surface area (Å²) in [6.07, 6.45) is 0. The predicted octanol–water partition coefficient (Wildman–Crippen LogP) is 4.12. The summed E-state index contributed by atoms with van der Waals surface area (Å²) in [6.45, 7) is 8.04. The first-order valence-corrected chi connectivity index (χ1v) is 11.2. The molecule has 0 bridgehead atoms. The highest BCUT2D eigenvalue weighted by Gasteiger charge is 2.20. The number of ether oxygens (including phenoxy) is 1. The highest BCUT2D eigenvalue weighted by molar-refractivity contribution is 6.12. The van der Waals surface area contributed by atoms with Gasteiger partial charge in [-0.1, -0.05) is 30.3 Å². The third-order valence-electron chi connectivity index (χ3n) is 5.88. The van der Waals surface area contributed by atoms with Crippen LogP contribution in [0.3, 0.4) is 0 Å². The van der Waals surface area contributed by atoms with Gasteiger partial charge in [0.15, 0.2) is 5.65 Å². The maximum absolute atomic E-state index is 13.4. The quantitative estimate of drug-likeness (QED) is 0.504. The fraction of sp³-hybridized carbons (Fsp3) is 0.269. The van der Waals surface area contributed by atoms with Crippen molar-refractivity contribution < 1.29 is 9.53 Å². The van der Waals surface area contributed by atoms with Gasteiger partial charge in [-0.25, -0.2) is 9.67 Å². The molecule has 0 atom stereocenters. The van der Waals surface area contributed by atoms with Gasteiger partial charge in [-0.3, -0.25) is 9.69 Å². The Labute approximate surface area is 193 Å². The van der Waals surface area contributed by atoms with Gasteiger partial charge >= 0.3 is 0 Å². The largest absolute Gasteiger partial charge is 0.379 e. The van der Waals surface area contributed by atoms with Gasteiger partial charge in [-0.05, 0) is 49.7 Å². The molecule has 0 saturated carbocycles. The molecule has 1 saturated heterocycles. The molecule has 1 fully saturated rings. The van der Waals surface area contributed by atoms with E-state index in [9.17, 15) is 4.79 Å². The van der Waals surface area contributed by atoms with E-state index in [4.69, 9.17) is 9.72 Å². The second kappa shape index (κ2) is 9.13. The zero-order chi connectivity index (χ0) is 22.8. The molecule has 3 heterocycles. The van der Waals surface area contributed by atoms with Gasteiger partial charge in [0.05, 0.1) is 35.5 Å². The van der Waals surface area contributed by atoms with E-state index in [2.05, 4.69) is 21.4 Å². The molecule has 1 aliphatic rings. The van der Waals surface area contributed by atoms with Gasteiger partial charge in [-0.15, -0.1) is 0 Å². The lowest BCUT2D eigenvalue weighted by molar-refractivity contribution is 0.0342. The molecular formula is C26H27N5O2. The molecule has 0 spiro atoms. The van der Waals surface area contributed by atoms with Crippen LogP contribution >= 0.6 is 0 Å². The number of aryl methyl sites for hydroxylation is 2. The SMILES string of the molecule is Cc1cc(C(=O)Nc2cccc(CN3CCOCC3)c2)c2c(C)nn(-c3ccccc3)c2n1. The molecule has 168 valence electrons. The van der Waals surface area contributed by atoms with E-state index in [1.165, 1.54) is 5.56 Å².